The molecule has 1 N–H and O–H groups in total. The molecule has 1 aromatic carbocycles. The molecule has 0 aromatic heterocycles. The first-order chi connectivity index (χ1) is 9.69. The van der Waals surface area contributed by atoms with E-state index in [1.54, 1.807) is 0 Å². The minimum absolute atomic E-state index is 0.329. The number of ether oxygens (including phenoxy) is 1. The minimum atomic E-state index is 0.329. The normalized spacial score (nSPS) is 12.4. The van der Waals surface area contributed by atoms with Gasteiger partial charge in [-0.05, 0) is 38.9 Å². The highest BCUT2D eigenvalue weighted by Gasteiger charge is 2.10. The van der Waals surface area contributed by atoms with Gasteiger partial charge < -0.3 is 10.1 Å². The number of rotatable bonds is 10. The lowest BCUT2D eigenvalue weighted by molar-refractivity contribution is 0.299. The van der Waals surface area contributed by atoms with Crippen LogP contribution in [0.15, 0.2) is 18.2 Å². The molecule has 20 heavy (non-hydrogen) atoms. The fourth-order valence-corrected chi connectivity index (χ4v) is 2.34. The molecule has 0 aliphatic carbocycles. The van der Waals surface area contributed by atoms with Crippen LogP contribution in [0.3, 0.4) is 0 Å². The van der Waals surface area contributed by atoms with Gasteiger partial charge in [0.15, 0.2) is 0 Å². The van der Waals surface area contributed by atoms with Crippen LogP contribution >= 0.6 is 0 Å². The van der Waals surface area contributed by atoms with Crippen LogP contribution in [0.5, 0.6) is 5.75 Å². The maximum Gasteiger partial charge on any atom is 0.124 e. The van der Waals surface area contributed by atoms with Crippen LogP contribution in [0.2, 0.25) is 0 Å². The van der Waals surface area contributed by atoms with Crippen molar-refractivity contribution in [2.75, 3.05) is 13.7 Å². The Balaban J connectivity index is 2.40. The average Bonchev–Trinajstić information content (AvgIpc) is 2.45. The Hall–Kier alpha value is -1.02. The molecule has 2 heteroatoms. The Morgan fingerprint density at radius 1 is 1.10 bits per heavy atom. The van der Waals surface area contributed by atoms with E-state index < -0.39 is 0 Å². The highest BCUT2D eigenvalue weighted by molar-refractivity contribution is 5.39. The van der Waals surface area contributed by atoms with Gasteiger partial charge in [0, 0.05) is 11.6 Å². The first kappa shape index (κ1) is 17.0. The second-order valence-electron chi connectivity index (χ2n) is 5.67. The fraction of sp³-hybridized carbons (Fsp3) is 0.667. The summed E-state index contributed by atoms with van der Waals surface area (Å²) in [6, 6.07) is 6.81. The van der Waals surface area contributed by atoms with Gasteiger partial charge in [-0.1, -0.05) is 51.2 Å². The van der Waals surface area contributed by atoms with Crippen LogP contribution in [0.25, 0.3) is 0 Å². The quantitative estimate of drug-likeness (QED) is 0.607. The van der Waals surface area contributed by atoms with Gasteiger partial charge in [0.2, 0.25) is 0 Å². The molecule has 0 bridgehead atoms. The van der Waals surface area contributed by atoms with Gasteiger partial charge in [0.1, 0.15) is 5.75 Å². The Bertz CT molecular complexity index is 376. The summed E-state index contributed by atoms with van der Waals surface area (Å²) in [5, 5.41) is 3.29. The summed E-state index contributed by atoms with van der Waals surface area (Å²) in [7, 11) is 1.99. The third-order valence-corrected chi connectivity index (χ3v) is 3.82. The minimum Gasteiger partial charge on any atom is -0.493 e. The van der Waals surface area contributed by atoms with Crippen LogP contribution in [-0.4, -0.2) is 13.7 Å². The molecule has 1 aromatic rings. The summed E-state index contributed by atoms with van der Waals surface area (Å²) in [6.07, 6.45) is 7.81. The van der Waals surface area contributed by atoms with E-state index in [-0.39, 0.29) is 0 Å². The van der Waals surface area contributed by atoms with E-state index in [2.05, 4.69) is 44.3 Å². The van der Waals surface area contributed by atoms with Crippen molar-refractivity contribution in [3.05, 3.63) is 29.3 Å². The van der Waals surface area contributed by atoms with Crippen molar-refractivity contribution in [2.24, 2.45) is 0 Å². The van der Waals surface area contributed by atoms with E-state index in [1.807, 2.05) is 7.05 Å². The smallest absolute Gasteiger partial charge is 0.124 e. The van der Waals surface area contributed by atoms with Gasteiger partial charge in [-0.3, -0.25) is 0 Å². The largest absolute Gasteiger partial charge is 0.493 e. The SMILES string of the molecule is CCCCCCCCOc1cc(C)ccc1C(C)NC. The summed E-state index contributed by atoms with van der Waals surface area (Å²) in [6.45, 7) is 7.37. The van der Waals surface area contributed by atoms with Crippen LogP contribution < -0.4 is 10.1 Å². The molecule has 0 saturated heterocycles. The highest BCUT2D eigenvalue weighted by Crippen LogP contribution is 2.26. The molecule has 1 rings (SSSR count). The van der Waals surface area contributed by atoms with Crippen molar-refractivity contribution in [3.8, 4) is 5.75 Å². The molecule has 0 fully saturated rings. The zero-order valence-corrected chi connectivity index (χ0v) is 13.7. The van der Waals surface area contributed by atoms with Crippen LogP contribution in [-0.2, 0) is 0 Å². The van der Waals surface area contributed by atoms with Crippen LogP contribution in [0, 0.1) is 6.92 Å². The summed E-state index contributed by atoms with van der Waals surface area (Å²) in [5.74, 6) is 1.04. The molecule has 0 saturated carbocycles. The van der Waals surface area contributed by atoms with Crippen LogP contribution in [0.1, 0.15) is 69.5 Å². The number of hydrogen-bond donors (Lipinski definition) is 1. The Labute approximate surface area is 124 Å². The third kappa shape index (κ3) is 5.96. The summed E-state index contributed by atoms with van der Waals surface area (Å²) < 4.78 is 6.01. The van der Waals surface area contributed by atoms with Crippen molar-refractivity contribution in [2.45, 2.75) is 65.3 Å². The molecular weight excluding hydrogens is 246 g/mol. The van der Waals surface area contributed by atoms with Gasteiger partial charge in [-0.15, -0.1) is 0 Å². The maximum atomic E-state index is 6.01. The first-order valence-electron chi connectivity index (χ1n) is 8.09. The van der Waals surface area contributed by atoms with Gasteiger partial charge in [0.25, 0.3) is 0 Å². The van der Waals surface area contributed by atoms with E-state index in [9.17, 15) is 0 Å². The summed E-state index contributed by atoms with van der Waals surface area (Å²) in [4.78, 5) is 0. The number of benzene rings is 1. The zero-order valence-electron chi connectivity index (χ0n) is 13.7. The van der Waals surface area contributed by atoms with E-state index in [4.69, 9.17) is 4.74 Å². The Kier molecular flexibility index (Phi) is 8.36. The molecule has 0 spiro atoms. The number of aryl methyl sites for hydroxylation is 1. The lowest BCUT2D eigenvalue weighted by atomic mass is 10.1. The van der Waals surface area contributed by atoms with E-state index in [0.717, 1.165) is 18.8 Å². The monoisotopic (exact) mass is 277 g/mol. The molecule has 114 valence electrons. The molecule has 0 heterocycles. The fourth-order valence-electron chi connectivity index (χ4n) is 2.34. The predicted octanol–water partition coefficient (Wildman–Crippen LogP) is 5.01. The molecule has 1 unspecified atom stereocenters. The highest BCUT2D eigenvalue weighted by atomic mass is 16.5. The number of hydrogen-bond acceptors (Lipinski definition) is 2. The molecule has 2 nitrogen and oxygen atoms in total. The molecule has 0 amide bonds. The van der Waals surface area contributed by atoms with Crippen molar-refractivity contribution in [1.82, 2.24) is 5.32 Å². The molecule has 0 radical (unpaired) electrons. The summed E-state index contributed by atoms with van der Waals surface area (Å²) in [5.41, 5.74) is 2.51. The van der Waals surface area contributed by atoms with Crippen molar-refractivity contribution >= 4 is 0 Å². The zero-order chi connectivity index (χ0) is 14.8. The molecule has 0 aliphatic heterocycles. The number of unbranched alkanes of at least 4 members (excludes halogenated alkanes) is 5. The summed E-state index contributed by atoms with van der Waals surface area (Å²) >= 11 is 0. The molecular formula is C18H31NO. The Morgan fingerprint density at radius 3 is 2.50 bits per heavy atom. The average molecular weight is 277 g/mol. The van der Waals surface area contributed by atoms with Gasteiger partial charge in [-0.25, -0.2) is 0 Å². The topological polar surface area (TPSA) is 21.3 Å². The lowest BCUT2D eigenvalue weighted by Crippen LogP contribution is -2.14. The van der Waals surface area contributed by atoms with E-state index >= 15 is 0 Å². The second-order valence-corrected chi connectivity index (χ2v) is 5.67. The van der Waals surface area contributed by atoms with Crippen LogP contribution in [0.4, 0.5) is 0 Å². The second kappa shape index (κ2) is 9.82. The maximum absolute atomic E-state index is 6.01. The van der Waals surface area contributed by atoms with E-state index in [0.29, 0.717) is 6.04 Å². The number of nitrogens with one attached hydrogen (secondary N) is 1. The van der Waals surface area contributed by atoms with Gasteiger partial charge in [0.05, 0.1) is 6.61 Å². The van der Waals surface area contributed by atoms with Gasteiger partial charge in [-0.2, -0.15) is 0 Å². The van der Waals surface area contributed by atoms with Crippen molar-refractivity contribution < 1.29 is 4.74 Å². The predicted molar refractivity (Wildman–Crippen MR) is 87.5 cm³/mol. The van der Waals surface area contributed by atoms with Gasteiger partial charge >= 0.3 is 0 Å². The Morgan fingerprint density at radius 2 is 1.80 bits per heavy atom. The standard InChI is InChI=1S/C18H31NO/c1-5-6-7-8-9-10-13-20-18-14-15(2)11-12-17(18)16(3)19-4/h11-12,14,16,19H,5-10,13H2,1-4H3. The van der Waals surface area contributed by atoms with E-state index in [1.165, 1.54) is 43.2 Å². The van der Waals surface area contributed by atoms with Crippen molar-refractivity contribution in [3.63, 3.8) is 0 Å². The third-order valence-electron chi connectivity index (χ3n) is 3.82. The molecule has 1 atom stereocenters. The lowest BCUT2D eigenvalue weighted by Gasteiger charge is -2.17. The first-order valence-corrected chi connectivity index (χ1v) is 8.09. The molecule has 0 aliphatic rings. The van der Waals surface area contributed by atoms with Crippen molar-refractivity contribution in [1.29, 1.82) is 0 Å².